The van der Waals surface area contributed by atoms with Crippen molar-refractivity contribution >= 4 is 0 Å². The van der Waals surface area contributed by atoms with E-state index in [1.807, 2.05) is 0 Å². The monoisotopic (exact) mass is 182 g/mol. The maximum Gasteiger partial charge on any atom is 0.0606 e. The highest BCUT2D eigenvalue weighted by molar-refractivity contribution is 5.13. The highest BCUT2D eigenvalue weighted by atomic mass is 16.3. The van der Waals surface area contributed by atoms with Crippen molar-refractivity contribution in [3.8, 4) is 0 Å². The molecule has 0 radical (unpaired) electrons. The van der Waals surface area contributed by atoms with Crippen LogP contribution in [0.25, 0.3) is 0 Å². The molecule has 2 aliphatic carbocycles. The van der Waals surface area contributed by atoms with Crippen molar-refractivity contribution in [1.82, 2.24) is 0 Å². The molecule has 1 nitrogen and oxygen atoms in total. The molecule has 0 amide bonds. The van der Waals surface area contributed by atoms with Gasteiger partial charge in [-0.1, -0.05) is 27.7 Å². The number of aliphatic hydroxyl groups is 1. The van der Waals surface area contributed by atoms with Crippen LogP contribution in [0.1, 0.15) is 47.0 Å². The van der Waals surface area contributed by atoms with E-state index >= 15 is 0 Å². The Bertz CT molecular complexity index is 219. The van der Waals surface area contributed by atoms with Gasteiger partial charge in [0.1, 0.15) is 0 Å². The van der Waals surface area contributed by atoms with Gasteiger partial charge in [-0.25, -0.2) is 0 Å². The first-order valence-corrected chi connectivity index (χ1v) is 5.61. The van der Waals surface area contributed by atoms with Gasteiger partial charge in [-0.2, -0.15) is 0 Å². The Kier molecular flexibility index (Phi) is 1.83. The average Bonchev–Trinajstić information content (AvgIpc) is 2.35. The molecule has 2 saturated carbocycles. The third kappa shape index (κ3) is 0.869. The van der Waals surface area contributed by atoms with E-state index in [-0.39, 0.29) is 11.5 Å². The van der Waals surface area contributed by atoms with Crippen LogP contribution in [0.4, 0.5) is 0 Å². The predicted molar refractivity (Wildman–Crippen MR) is 54.4 cm³/mol. The minimum atomic E-state index is -0.0405. The first-order chi connectivity index (χ1) is 5.93. The average molecular weight is 182 g/mol. The fourth-order valence-electron chi connectivity index (χ4n) is 4.38. The van der Waals surface area contributed by atoms with Gasteiger partial charge < -0.3 is 5.11 Å². The summed E-state index contributed by atoms with van der Waals surface area (Å²) in [5.41, 5.74) is 0.582. The van der Waals surface area contributed by atoms with Gasteiger partial charge in [0.15, 0.2) is 0 Å². The molecule has 0 saturated heterocycles. The second-order valence-corrected chi connectivity index (χ2v) is 5.90. The van der Waals surface area contributed by atoms with Crippen molar-refractivity contribution in [1.29, 1.82) is 0 Å². The Balaban J connectivity index is 2.43. The van der Waals surface area contributed by atoms with Crippen LogP contribution in [-0.2, 0) is 0 Å². The second-order valence-electron chi connectivity index (χ2n) is 5.90. The van der Waals surface area contributed by atoms with Gasteiger partial charge in [-0.05, 0) is 36.5 Å². The fourth-order valence-corrected chi connectivity index (χ4v) is 4.38. The van der Waals surface area contributed by atoms with Crippen molar-refractivity contribution in [2.45, 2.75) is 53.1 Å². The van der Waals surface area contributed by atoms with Gasteiger partial charge >= 0.3 is 0 Å². The molecule has 3 unspecified atom stereocenters. The first-order valence-electron chi connectivity index (χ1n) is 5.61. The van der Waals surface area contributed by atoms with Gasteiger partial charge in [0.2, 0.25) is 0 Å². The summed E-state index contributed by atoms with van der Waals surface area (Å²) in [6.45, 7) is 9.28. The van der Waals surface area contributed by atoms with Crippen LogP contribution in [0.2, 0.25) is 0 Å². The van der Waals surface area contributed by atoms with E-state index in [1.165, 1.54) is 12.8 Å². The zero-order valence-electron chi connectivity index (χ0n) is 9.30. The Hall–Kier alpha value is -0.0400. The molecule has 2 bridgehead atoms. The van der Waals surface area contributed by atoms with Crippen LogP contribution >= 0.6 is 0 Å². The van der Waals surface area contributed by atoms with E-state index in [1.54, 1.807) is 0 Å². The highest BCUT2D eigenvalue weighted by Crippen LogP contribution is 2.68. The maximum atomic E-state index is 10.2. The summed E-state index contributed by atoms with van der Waals surface area (Å²) in [6.07, 6.45) is 3.58. The van der Waals surface area contributed by atoms with Crippen molar-refractivity contribution in [3.63, 3.8) is 0 Å². The summed E-state index contributed by atoms with van der Waals surface area (Å²) in [5, 5.41) is 10.2. The minimum absolute atomic E-state index is 0.0405. The lowest BCUT2D eigenvalue weighted by molar-refractivity contribution is -0.0403. The van der Waals surface area contributed by atoms with Crippen molar-refractivity contribution in [3.05, 3.63) is 0 Å². The summed E-state index contributed by atoms with van der Waals surface area (Å²) in [4.78, 5) is 0. The molecule has 0 heterocycles. The van der Waals surface area contributed by atoms with Gasteiger partial charge in [-0.15, -0.1) is 0 Å². The van der Waals surface area contributed by atoms with Crippen LogP contribution < -0.4 is 0 Å². The molecule has 0 aliphatic heterocycles. The molecule has 2 aliphatic rings. The number of aliphatic hydroxyl groups excluding tert-OH is 1. The molecule has 0 aromatic carbocycles. The van der Waals surface area contributed by atoms with Gasteiger partial charge in [0.25, 0.3) is 0 Å². The quantitative estimate of drug-likeness (QED) is 0.661. The van der Waals surface area contributed by atoms with Crippen LogP contribution in [0, 0.1) is 22.7 Å². The molecule has 2 fully saturated rings. The van der Waals surface area contributed by atoms with Crippen molar-refractivity contribution in [2.24, 2.45) is 22.7 Å². The molecule has 1 heteroatoms. The molecular weight excluding hydrogens is 160 g/mol. The second kappa shape index (κ2) is 2.50. The van der Waals surface area contributed by atoms with Crippen LogP contribution in [-0.4, -0.2) is 11.2 Å². The molecule has 0 aromatic rings. The summed E-state index contributed by atoms with van der Waals surface area (Å²) in [6, 6.07) is 0. The molecule has 2 rings (SSSR count). The van der Waals surface area contributed by atoms with E-state index in [9.17, 15) is 5.11 Å². The number of fused-ring (bicyclic) bond motifs is 2. The van der Waals surface area contributed by atoms with Crippen molar-refractivity contribution in [2.75, 3.05) is 0 Å². The topological polar surface area (TPSA) is 20.2 Å². The van der Waals surface area contributed by atoms with E-state index in [2.05, 4.69) is 27.7 Å². The molecule has 0 aromatic heterocycles. The zero-order valence-corrected chi connectivity index (χ0v) is 9.30. The predicted octanol–water partition coefficient (Wildman–Crippen LogP) is 2.83. The molecule has 13 heavy (non-hydrogen) atoms. The number of hydrogen-bond acceptors (Lipinski definition) is 1. The normalized spacial score (nSPS) is 47.5. The molecule has 3 atom stereocenters. The number of rotatable bonds is 1. The van der Waals surface area contributed by atoms with E-state index < -0.39 is 0 Å². The minimum Gasteiger partial charge on any atom is -0.393 e. The Labute approximate surface area is 81.5 Å². The first kappa shape index (κ1) is 9.51. The molecular formula is C12H22O. The lowest BCUT2D eigenvalue weighted by atomic mass is 9.62. The SMILES string of the molecule is CC(C)C12CCC(CC1O)C2(C)C. The highest BCUT2D eigenvalue weighted by Gasteiger charge is 2.64. The van der Waals surface area contributed by atoms with Crippen LogP contribution in [0.5, 0.6) is 0 Å². The third-order valence-electron chi connectivity index (χ3n) is 5.26. The summed E-state index contributed by atoms with van der Waals surface area (Å²) in [7, 11) is 0. The van der Waals surface area contributed by atoms with Gasteiger partial charge in [0.05, 0.1) is 6.10 Å². The smallest absolute Gasteiger partial charge is 0.0606 e. The van der Waals surface area contributed by atoms with Crippen molar-refractivity contribution < 1.29 is 5.11 Å². The molecule has 1 N–H and O–H groups in total. The van der Waals surface area contributed by atoms with Crippen LogP contribution in [0.3, 0.4) is 0 Å². The van der Waals surface area contributed by atoms with Gasteiger partial charge in [0, 0.05) is 5.41 Å². The zero-order chi connectivity index (χ0) is 9.85. The lowest BCUT2D eigenvalue weighted by Gasteiger charge is -2.44. The fraction of sp³-hybridized carbons (Fsp3) is 1.00. The molecule has 76 valence electrons. The standard InChI is InChI=1S/C12H22O/c1-8(2)12-6-5-9(7-10(12)13)11(12,3)4/h8-10,13H,5-7H2,1-4H3. The Morgan fingerprint density at radius 1 is 1.31 bits per heavy atom. The maximum absolute atomic E-state index is 10.2. The summed E-state index contributed by atoms with van der Waals surface area (Å²) < 4.78 is 0. The Morgan fingerprint density at radius 2 is 1.92 bits per heavy atom. The van der Waals surface area contributed by atoms with Crippen LogP contribution in [0.15, 0.2) is 0 Å². The van der Waals surface area contributed by atoms with E-state index in [0.717, 1.165) is 12.3 Å². The summed E-state index contributed by atoms with van der Waals surface area (Å²) >= 11 is 0. The Morgan fingerprint density at radius 3 is 2.15 bits per heavy atom. The lowest BCUT2D eigenvalue weighted by Crippen LogP contribution is -2.43. The number of hydrogen-bond donors (Lipinski definition) is 1. The summed E-state index contributed by atoms with van der Waals surface area (Å²) in [5.74, 6) is 1.38. The third-order valence-corrected chi connectivity index (χ3v) is 5.26. The largest absolute Gasteiger partial charge is 0.393 e. The van der Waals surface area contributed by atoms with E-state index in [4.69, 9.17) is 0 Å². The van der Waals surface area contributed by atoms with Gasteiger partial charge in [-0.3, -0.25) is 0 Å². The molecule has 0 spiro atoms. The van der Waals surface area contributed by atoms with E-state index in [0.29, 0.717) is 11.3 Å².